The van der Waals surface area contributed by atoms with Crippen molar-refractivity contribution >= 4 is 35.4 Å². The highest BCUT2D eigenvalue weighted by Crippen LogP contribution is 2.29. The van der Waals surface area contributed by atoms with E-state index >= 15 is 0 Å². The zero-order valence-electron chi connectivity index (χ0n) is 23.3. The lowest BCUT2D eigenvalue weighted by molar-refractivity contribution is -0.137. The van der Waals surface area contributed by atoms with E-state index in [0.717, 1.165) is 0 Å². The van der Waals surface area contributed by atoms with E-state index in [-0.39, 0.29) is 56.7 Å². The van der Waals surface area contributed by atoms with Crippen LogP contribution in [0, 0.1) is 0 Å². The van der Waals surface area contributed by atoms with Gasteiger partial charge in [0.25, 0.3) is 5.91 Å². The molecule has 1 fully saturated rings. The molecule has 13 nitrogen and oxygen atoms in total. The highest BCUT2D eigenvalue weighted by Gasteiger charge is 2.39. The molecular weight excluding hydrogens is 522 g/mol. The van der Waals surface area contributed by atoms with Crippen molar-refractivity contribution < 1.29 is 38.2 Å². The molecular formula is C27H39N5O8. The van der Waals surface area contributed by atoms with E-state index in [9.17, 15) is 24.0 Å². The Morgan fingerprint density at radius 2 is 1.82 bits per heavy atom. The van der Waals surface area contributed by atoms with Crippen molar-refractivity contribution in [3.05, 3.63) is 29.3 Å². The number of carbonyl (C=O) groups excluding carboxylic acids is 5. The lowest BCUT2D eigenvalue weighted by atomic mass is 10.0. The molecule has 40 heavy (non-hydrogen) atoms. The summed E-state index contributed by atoms with van der Waals surface area (Å²) in [4.78, 5) is 63.9. The molecule has 5 amide bonds. The Morgan fingerprint density at radius 1 is 1.10 bits per heavy atom. The molecule has 1 unspecified atom stereocenters. The van der Waals surface area contributed by atoms with Crippen molar-refractivity contribution in [1.82, 2.24) is 15.1 Å². The zero-order chi connectivity index (χ0) is 29.3. The number of imide groups is 1. The number of nitrogens with zero attached hydrogens (tertiary/aromatic N) is 2. The number of fused-ring (bicyclic) bond motifs is 1. The van der Waals surface area contributed by atoms with Gasteiger partial charge in [-0.25, -0.2) is 4.79 Å². The van der Waals surface area contributed by atoms with Gasteiger partial charge in [-0.3, -0.25) is 24.5 Å². The second-order valence-corrected chi connectivity index (χ2v) is 10.6. The number of amides is 5. The minimum Gasteiger partial charge on any atom is -0.444 e. The maximum atomic E-state index is 12.8. The summed E-state index contributed by atoms with van der Waals surface area (Å²) in [5.74, 6) is -1.32. The molecule has 1 aromatic rings. The quantitative estimate of drug-likeness (QED) is 0.235. The van der Waals surface area contributed by atoms with Crippen LogP contribution in [0.4, 0.5) is 10.5 Å². The summed E-state index contributed by atoms with van der Waals surface area (Å²) in [5.41, 5.74) is 6.71. The van der Waals surface area contributed by atoms with Gasteiger partial charge >= 0.3 is 6.09 Å². The first-order chi connectivity index (χ1) is 19.0. The molecule has 0 aliphatic carbocycles. The highest BCUT2D eigenvalue weighted by atomic mass is 16.6. The van der Waals surface area contributed by atoms with E-state index in [1.807, 2.05) is 0 Å². The first-order valence-corrected chi connectivity index (χ1v) is 13.4. The van der Waals surface area contributed by atoms with Gasteiger partial charge in [-0.15, -0.1) is 0 Å². The zero-order valence-corrected chi connectivity index (χ0v) is 23.3. The van der Waals surface area contributed by atoms with Gasteiger partial charge in [-0.1, -0.05) is 0 Å². The average Bonchev–Trinajstić information content (AvgIpc) is 3.19. The fraction of sp³-hybridized carbons (Fsp3) is 0.593. The minimum absolute atomic E-state index is 0.126. The molecule has 0 bridgehead atoms. The lowest BCUT2D eigenvalue weighted by Gasteiger charge is -2.29. The molecule has 220 valence electrons. The maximum Gasteiger partial charge on any atom is 0.410 e. The molecule has 1 aromatic carbocycles. The van der Waals surface area contributed by atoms with Crippen LogP contribution in [0.3, 0.4) is 0 Å². The standard InChI is InChI=1S/C27H39N5O8/c1-27(2,3)40-26(37)31(10-9-28)11-13-39-15-14-38-12-8-23(34)29-19-4-5-20-18(16-19)17-32(25(20)36)21-6-7-22(33)30-24(21)35/h4-5,16,21H,6-15,17,28H2,1-3H3,(H,29,34)(H,30,33,35). The Labute approximate surface area is 233 Å². The fourth-order valence-corrected chi connectivity index (χ4v) is 4.31. The topological polar surface area (TPSA) is 170 Å². The van der Waals surface area contributed by atoms with Crippen LogP contribution >= 0.6 is 0 Å². The number of ether oxygens (including phenoxy) is 3. The highest BCUT2D eigenvalue weighted by molar-refractivity contribution is 6.05. The molecule has 0 radical (unpaired) electrons. The first kappa shape index (κ1) is 31.0. The van der Waals surface area contributed by atoms with Crippen molar-refractivity contribution in [1.29, 1.82) is 0 Å². The Hall–Kier alpha value is -3.55. The van der Waals surface area contributed by atoms with Crippen LogP contribution < -0.4 is 16.4 Å². The van der Waals surface area contributed by atoms with E-state index in [1.54, 1.807) is 39.0 Å². The van der Waals surface area contributed by atoms with Gasteiger partial charge in [-0.2, -0.15) is 0 Å². The summed E-state index contributed by atoms with van der Waals surface area (Å²) in [6.45, 7) is 7.72. The number of hydrogen-bond donors (Lipinski definition) is 3. The van der Waals surface area contributed by atoms with Crippen LogP contribution in [0.1, 0.15) is 56.0 Å². The summed E-state index contributed by atoms with van der Waals surface area (Å²) in [6, 6.07) is 4.30. The lowest BCUT2D eigenvalue weighted by Crippen LogP contribution is -2.52. The molecule has 3 rings (SSSR count). The largest absolute Gasteiger partial charge is 0.444 e. The number of carbonyl (C=O) groups is 5. The van der Waals surface area contributed by atoms with Crippen LogP contribution in [-0.4, -0.2) is 97.2 Å². The third kappa shape index (κ3) is 9.00. The number of nitrogens with one attached hydrogen (secondary N) is 2. The molecule has 0 aromatic heterocycles. The molecule has 0 spiro atoms. The van der Waals surface area contributed by atoms with Crippen molar-refractivity contribution in [2.24, 2.45) is 5.73 Å². The fourth-order valence-electron chi connectivity index (χ4n) is 4.31. The Balaban J connectivity index is 1.33. The summed E-state index contributed by atoms with van der Waals surface area (Å²) >= 11 is 0. The third-order valence-electron chi connectivity index (χ3n) is 6.21. The van der Waals surface area contributed by atoms with Gasteiger partial charge in [0.15, 0.2) is 0 Å². The van der Waals surface area contributed by atoms with Gasteiger partial charge in [-0.05, 0) is 51.0 Å². The monoisotopic (exact) mass is 561 g/mol. The molecule has 0 saturated carbocycles. The van der Waals surface area contributed by atoms with Crippen molar-refractivity contribution in [2.45, 2.75) is 58.2 Å². The Morgan fingerprint density at radius 3 is 2.50 bits per heavy atom. The van der Waals surface area contributed by atoms with E-state index in [0.29, 0.717) is 49.7 Å². The molecule has 13 heteroatoms. The minimum atomic E-state index is -0.688. The maximum absolute atomic E-state index is 12.8. The number of nitrogens with two attached hydrogens (primary N) is 1. The number of anilines is 1. The van der Waals surface area contributed by atoms with E-state index in [1.165, 1.54) is 9.80 Å². The SMILES string of the molecule is CC(C)(C)OC(=O)N(CCN)CCOCCOCCC(=O)Nc1ccc2c(c1)CN(C1CCC(=O)NC1=O)C2=O. The second kappa shape index (κ2) is 14.2. The molecule has 1 saturated heterocycles. The summed E-state index contributed by atoms with van der Waals surface area (Å²) in [7, 11) is 0. The summed E-state index contributed by atoms with van der Waals surface area (Å²) in [5, 5.41) is 5.07. The van der Waals surface area contributed by atoms with Crippen LogP contribution in [0.2, 0.25) is 0 Å². The van der Waals surface area contributed by atoms with Crippen LogP contribution in [0.25, 0.3) is 0 Å². The predicted molar refractivity (Wildman–Crippen MR) is 144 cm³/mol. The number of benzene rings is 1. The van der Waals surface area contributed by atoms with E-state index in [2.05, 4.69) is 10.6 Å². The van der Waals surface area contributed by atoms with Gasteiger partial charge < -0.3 is 35.1 Å². The molecule has 2 aliphatic heterocycles. The van der Waals surface area contributed by atoms with Crippen LogP contribution in [0.5, 0.6) is 0 Å². The Kier molecular flexibility index (Phi) is 11.0. The molecule has 1 atom stereocenters. The van der Waals surface area contributed by atoms with Crippen molar-refractivity contribution in [3.8, 4) is 0 Å². The summed E-state index contributed by atoms with van der Waals surface area (Å²) < 4.78 is 16.4. The Bertz CT molecular complexity index is 1100. The van der Waals surface area contributed by atoms with Crippen molar-refractivity contribution in [2.75, 3.05) is 51.4 Å². The third-order valence-corrected chi connectivity index (χ3v) is 6.21. The van der Waals surface area contributed by atoms with E-state index in [4.69, 9.17) is 19.9 Å². The molecule has 2 heterocycles. The number of hydrogen-bond acceptors (Lipinski definition) is 9. The number of piperidine rings is 1. The second-order valence-electron chi connectivity index (χ2n) is 10.6. The predicted octanol–water partition coefficient (Wildman–Crippen LogP) is 1.01. The number of rotatable bonds is 13. The van der Waals surface area contributed by atoms with Crippen LogP contribution in [-0.2, 0) is 35.1 Å². The normalized spacial score (nSPS) is 16.9. The van der Waals surface area contributed by atoms with Gasteiger partial charge in [0.1, 0.15) is 11.6 Å². The van der Waals surface area contributed by atoms with E-state index < -0.39 is 23.6 Å². The first-order valence-electron chi connectivity index (χ1n) is 13.4. The van der Waals surface area contributed by atoms with Gasteiger partial charge in [0.2, 0.25) is 17.7 Å². The smallest absolute Gasteiger partial charge is 0.410 e. The average molecular weight is 562 g/mol. The van der Waals surface area contributed by atoms with Gasteiger partial charge in [0.05, 0.1) is 32.8 Å². The molecule has 2 aliphatic rings. The molecule has 4 N–H and O–H groups in total. The van der Waals surface area contributed by atoms with Gasteiger partial charge in [0, 0.05) is 43.9 Å². The van der Waals surface area contributed by atoms with Crippen LogP contribution in [0.15, 0.2) is 18.2 Å². The summed E-state index contributed by atoms with van der Waals surface area (Å²) in [6.07, 6.45) is 0.164. The van der Waals surface area contributed by atoms with Crippen molar-refractivity contribution in [3.63, 3.8) is 0 Å².